The number of nitrogens with zero attached hydrogens (tertiary/aromatic N) is 1. The summed E-state index contributed by atoms with van der Waals surface area (Å²) in [6.45, 7) is 2.45. The summed E-state index contributed by atoms with van der Waals surface area (Å²) in [7, 11) is 0. The molecule has 0 aliphatic heterocycles. The van der Waals surface area contributed by atoms with Crippen LogP contribution in [0.1, 0.15) is 24.1 Å². The molecule has 2 N–H and O–H groups in total. The average Bonchev–Trinajstić information content (AvgIpc) is 2.60. The molecular formula is C19H19N3O. The van der Waals surface area contributed by atoms with Crippen LogP contribution in [0, 0.1) is 0 Å². The monoisotopic (exact) mass is 305 g/mol. The van der Waals surface area contributed by atoms with Crippen molar-refractivity contribution in [3.63, 3.8) is 0 Å². The molecule has 3 rings (SSSR count). The summed E-state index contributed by atoms with van der Waals surface area (Å²) < 4.78 is 0. The molecule has 1 heterocycles. The van der Waals surface area contributed by atoms with Gasteiger partial charge in [0.05, 0.1) is 6.04 Å². The lowest BCUT2D eigenvalue weighted by Gasteiger charge is -2.17. The first kappa shape index (κ1) is 15.0. The summed E-state index contributed by atoms with van der Waals surface area (Å²) in [6, 6.07) is 17.9. The Morgan fingerprint density at radius 1 is 1.09 bits per heavy atom. The first-order valence-electron chi connectivity index (χ1n) is 7.65. The van der Waals surface area contributed by atoms with Crippen LogP contribution in [0.2, 0.25) is 0 Å². The second-order valence-corrected chi connectivity index (χ2v) is 5.48. The van der Waals surface area contributed by atoms with E-state index >= 15 is 0 Å². The predicted molar refractivity (Wildman–Crippen MR) is 92.0 cm³/mol. The van der Waals surface area contributed by atoms with Crippen molar-refractivity contribution in [2.75, 3.05) is 0 Å². The van der Waals surface area contributed by atoms with Crippen LogP contribution in [0.4, 0.5) is 4.79 Å². The van der Waals surface area contributed by atoms with Crippen LogP contribution in [0.5, 0.6) is 0 Å². The molecule has 23 heavy (non-hydrogen) atoms. The van der Waals surface area contributed by atoms with Crippen LogP contribution >= 0.6 is 0 Å². The lowest BCUT2D eigenvalue weighted by molar-refractivity contribution is 0.237. The van der Waals surface area contributed by atoms with Gasteiger partial charge in [-0.1, -0.05) is 48.5 Å². The molecule has 116 valence electrons. The van der Waals surface area contributed by atoms with Crippen molar-refractivity contribution >= 4 is 16.8 Å². The number of carbonyl (C=O) groups is 1. The van der Waals surface area contributed by atoms with E-state index in [9.17, 15) is 4.79 Å². The Labute approximate surface area is 135 Å². The van der Waals surface area contributed by atoms with Crippen molar-refractivity contribution in [1.82, 2.24) is 15.6 Å². The van der Waals surface area contributed by atoms with Crippen molar-refractivity contribution in [1.29, 1.82) is 0 Å². The zero-order valence-corrected chi connectivity index (χ0v) is 13.0. The highest BCUT2D eigenvalue weighted by atomic mass is 16.2. The van der Waals surface area contributed by atoms with Gasteiger partial charge in [-0.15, -0.1) is 0 Å². The number of urea groups is 1. The van der Waals surface area contributed by atoms with Crippen molar-refractivity contribution < 1.29 is 4.79 Å². The maximum Gasteiger partial charge on any atom is 0.315 e. The Bertz CT molecular complexity index is 797. The molecule has 4 nitrogen and oxygen atoms in total. The highest BCUT2D eigenvalue weighted by molar-refractivity contribution is 5.86. The zero-order chi connectivity index (χ0) is 16.1. The van der Waals surface area contributed by atoms with Gasteiger partial charge in [-0.2, -0.15) is 0 Å². The van der Waals surface area contributed by atoms with Gasteiger partial charge in [0.25, 0.3) is 0 Å². The third kappa shape index (κ3) is 3.66. The molecule has 0 fully saturated rings. The van der Waals surface area contributed by atoms with E-state index in [1.807, 2.05) is 43.3 Å². The molecular weight excluding hydrogens is 286 g/mol. The van der Waals surface area contributed by atoms with Crippen molar-refractivity contribution in [2.24, 2.45) is 0 Å². The van der Waals surface area contributed by atoms with Gasteiger partial charge in [-0.25, -0.2) is 4.79 Å². The smallest absolute Gasteiger partial charge is 0.315 e. The quantitative estimate of drug-likeness (QED) is 0.770. The van der Waals surface area contributed by atoms with Crippen molar-refractivity contribution in [2.45, 2.75) is 19.5 Å². The van der Waals surface area contributed by atoms with Gasteiger partial charge in [-0.05, 0) is 34.9 Å². The first-order chi connectivity index (χ1) is 11.2. The SMILES string of the molecule is CC(NC(=O)NCc1cccnc1)c1cccc2ccccc12. The number of hydrogen-bond donors (Lipinski definition) is 2. The molecule has 4 heteroatoms. The number of fused-ring (bicyclic) bond motifs is 1. The molecule has 2 aromatic carbocycles. The van der Waals surface area contributed by atoms with E-state index in [0.29, 0.717) is 6.54 Å². The Balaban J connectivity index is 1.66. The molecule has 0 saturated carbocycles. The molecule has 0 radical (unpaired) electrons. The highest BCUT2D eigenvalue weighted by Gasteiger charge is 2.11. The molecule has 1 aromatic heterocycles. The second-order valence-electron chi connectivity index (χ2n) is 5.48. The summed E-state index contributed by atoms with van der Waals surface area (Å²) in [5.41, 5.74) is 2.08. The van der Waals surface area contributed by atoms with Gasteiger partial charge in [0.15, 0.2) is 0 Å². The lowest BCUT2D eigenvalue weighted by Crippen LogP contribution is -2.36. The first-order valence-corrected chi connectivity index (χ1v) is 7.65. The molecule has 0 saturated heterocycles. The number of rotatable bonds is 4. The molecule has 1 unspecified atom stereocenters. The lowest BCUT2D eigenvalue weighted by atomic mass is 10.00. The number of benzene rings is 2. The van der Waals surface area contributed by atoms with E-state index in [0.717, 1.165) is 16.5 Å². The molecule has 0 aliphatic rings. The maximum atomic E-state index is 12.1. The number of pyridine rings is 1. The standard InChI is InChI=1S/C19H19N3O/c1-14(17-10-4-8-16-7-2-3-9-18(16)17)22-19(23)21-13-15-6-5-11-20-12-15/h2-12,14H,13H2,1H3,(H2,21,22,23). The third-order valence-corrected chi connectivity index (χ3v) is 3.81. The van der Waals surface area contributed by atoms with Gasteiger partial charge in [0.2, 0.25) is 0 Å². The second kappa shape index (κ2) is 6.92. The van der Waals surface area contributed by atoms with Crippen LogP contribution in [-0.2, 0) is 6.54 Å². The number of nitrogens with one attached hydrogen (secondary N) is 2. The molecule has 1 atom stereocenters. The molecule has 0 aliphatic carbocycles. The summed E-state index contributed by atoms with van der Waals surface area (Å²) in [5, 5.41) is 8.18. The van der Waals surface area contributed by atoms with Crippen molar-refractivity contribution in [3.05, 3.63) is 78.1 Å². The van der Waals surface area contributed by atoms with Crippen LogP contribution in [0.3, 0.4) is 0 Å². The fourth-order valence-corrected chi connectivity index (χ4v) is 2.64. The number of amides is 2. The summed E-state index contributed by atoms with van der Waals surface area (Å²) in [5.74, 6) is 0. The normalized spacial score (nSPS) is 11.9. The minimum atomic E-state index is -0.186. The molecule has 3 aromatic rings. The van der Waals surface area contributed by atoms with Crippen LogP contribution in [-0.4, -0.2) is 11.0 Å². The maximum absolute atomic E-state index is 12.1. The molecule has 0 spiro atoms. The summed E-state index contributed by atoms with van der Waals surface area (Å²) >= 11 is 0. The number of carbonyl (C=O) groups excluding carboxylic acids is 1. The van der Waals surface area contributed by atoms with Gasteiger partial charge < -0.3 is 10.6 Å². The largest absolute Gasteiger partial charge is 0.334 e. The van der Waals surface area contributed by atoms with E-state index in [-0.39, 0.29) is 12.1 Å². The molecule has 2 amide bonds. The van der Waals surface area contributed by atoms with E-state index in [2.05, 4.69) is 33.8 Å². The Morgan fingerprint density at radius 3 is 2.74 bits per heavy atom. The fourth-order valence-electron chi connectivity index (χ4n) is 2.64. The van der Waals surface area contributed by atoms with Gasteiger partial charge in [-0.3, -0.25) is 4.98 Å². The van der Waals surface area contributed by atoms with E-state index in [4.69, 9.17) is 0 Å². The van der Waals surface area contributed by atoms with Crippen LogP contribution in [0.15, 0.2) is 67.0 Å². The van der Waals surface area contributed by atoms with Gasteiger partial charge in [0, 0.05) is 18.9 Å². The fraction of sp³-hybridized carbons (Fsp3) is 0.158. The van der Waals surface area contributed by atoms with E-state index < -0.39 is 0 Å². The predicted octanol–water partition coefficient (Wildman–Crippen LogP) is 3.80. The Kier molecular flexibility index (Phi) is 4.52. The minimum Gasteiger partial charge on any atom is -0.334 e. The number of hydrogen-bond acceptors (Lipinski definition) is 2. The average molecular weight is 305 g/mol. The Hall–Kier alpha value is -2.88. The van der Waals surface area contributed by atoms with Crippen LogP contribution < -0.4 is 10.6 Å². The topological polar surface area (TPSA) is 54.0 Å². The molecule has 0 bridgehead atoms. The number of aromatic nitrogens is 1. The van der Waals surface area contributed by atoms with E-state index in [1.54, 1.807) is 12.4 Å². The summed E-state index contributed by atoms with van der Waals surface area (Å²) in [4.78, 5) is 16.1. The highest BCUT2D eigenvalue weighted by Crippen LogP contribution is 2.23. The summed E-state index contributed by atoms with van der Waals surface area (Å²) in [6.07, 6.45) is 3.46. The van der Waals surface area contributed by atoms with Crippen LogP contribution in [0.25, 0.3) is 10.8 Å². The zero-order valence-electron chi connectivity index (χ0n) is 13.0. The van der Waals surface area contributed by atoms with E-state index in [1.165, 1.54) is 5.39 Å². The van der Waals surface area contributed by atoms with Gasteiger partial charge >= 0.3 is 6.03 Å². The third-order valence-electron chi connectivity index (χ3n) is 3.81. The van der Waals surface area contributed by atoms with Crippen molar-refractivity contribution in [3.8, 4) is 0 Å². The minimum absolute atomic E-state index is 0.0741. The van der Waals surface area contributed by atoms with Gasteiger partial charge in [0.1, 0.15) is 0 Å². The Morgan fingerprint density at radius 2 is 1.91 bits per heavy atom.